The minimum absolute atomic E-state index is 0.112. The molecule has 2 heterocycles. The second kappa shape index (κ2) is 7.78. The Balaban J connectivity index is 1.67. The smallest absolute Gasteiger partial charge is 0.240 e. The van der Waals surface area contributed by atoms with E-state index in [1.165, 1.54) is 11.1 Å². The van der Waals surface area contributed by atoms with E-state index in [2.05, 4.69) is 58.5 Å². The zero-order valence-corrected chi connectivity index (χ0v) is 15.2. The predicted molar refractivity (Wildman–Crippen MR) is 95.1 cm³/mol. The second-order valence-corrected chi connectivity index (χ2v) is 6.71. The number of nitrogens with one attached hydrogen (secondary N) is 1. The van der Waals surface area contributed by atoms with Crippen molar-refractivity contribution in [3.8, 4) is 0 Å². The van der Waals surface area contributed by atoms with Crippen LogP contribution in [-0.2, 0) is 17.8 Å². The Morgan fingerprint density at radius 1 is 1.36 bits per heavy atom. The third kappa shape index (κ3) is 4.07. The van der Waals surface area contributed by atoms with Gasteiger partial charge in [0, 0.05) is 19.0 Å². The molecule has 6 nitrogen and oxygen atoms in total. The van der Waals surface area contributed by atoms with Crippen LogP contribution in [0.4, 0.5) is 0 Å². The van der Waals surface area contributed by atoms with Crippen LogP contribution in [0.1, 0.15) is 48.5 Å². The molecule has 0 unspecified atom stereocenters. The average molecular weight is 342 g/mol. The molecule has 0 spiro atoms. The summed E-state index contributed by atoms with van der Waals surface area (Å²) in [4.78, 5) is 18.2. The summed E-state index contributed by atoms with van der Waals surface area (Å²) in [5.74, 6) is 1.46. The molecule has 3 rings (SSSR count). The first-order valence-electron chi connectivity index (χ1n) is 8.93. The molecule has 0 radical (unpaired) electrons. The highest BCUT2D eigenvalue weighted by Gasteiger charge is 2.34. The van der Waals surface area contributed by atoms with E-state index in [0.717, 1.165) is 19.4 Å². The van der Waals surface area contributed by atoms with Crippen LogP contribution in [0.25, 0.3) is 0 Å². The van der Waals surface area contributed by atoms with Crippen LogP contribution in [0.2, 0.25) is 0 Å². The summed E-state index contributed by atoms with van der Waals surface area (Å²) in [5.41, 5.74) is 2.70. The van der Waals surface area contributed by atoms with Crippen LogP contribution in [-0.4, -0.2) is 40.6 Å². The van der Waals surface area contributed by atoms with E-state index in [1.54, 1.807) is 7.05 Å². The Kier molecular flexibility index (Phi) is 5.48. The van der Waals surface area contributed by atoms with Crippen LogP contribution in [0.5, 0.6) is 0 Å². The number of benzene rings is 1. The van der Waals surface area contributed by atoms with Gasteiger partial charge < -0.3 is 9.84 Å². The molecule has 2 atom stereocenters. The van der Waals surface area contributed by atoms with Gasteiger partial charge >= 0.3 is 0 Å². The van der Waals surface area contributed by atoms with Crippen LogP contribution >= 0.6 is 0 Å². The van der Waals surface area contributed by atoms with Crippen molar-refractivity contribution in [1.29, 1.82) is 0 Å². The fraction of sp³-hybridized carbons (Fsp3) is 0.526. The Bertz CT molecular complexity index is 710. The highest BCUT2D eigenvalue weighted by Crippen LogP contribution is 2.36. The van der Waals surface area contributed by atoms with Gasteiger partial charge in [-0.25, -0.2) is 0 Å². The molecule has 134 valence electrons. The highest BCUT2D eigenvalue weighted by atomic mass is 16.5. The lowest BCUT2D eigenvalue weighted by atomic mass is 9.90. The number of amides is 1. The maximum absolute atomic E-state index is 11.4. The number of carbonyl (C=O) groups excluding carboxylic acids is 1. The molecule has 1 aromatic carbocycles. The summed E-state index contributed by atoms with van der Waals surface area (Å²) in [6.45, 7) is 6.01. The first-order valence-corrected chi connectivity index (χ1v) is 8.93. The van der Waals surface area contributed by atoms with Crippen molar-refractivity contribution in [3.05, 3.63) is 47.1 Å². The molecule has 1 saturated heterocycles. The van der Waals surface area contributed by atoms with Crippen molar-refractivity contribution < 1.29 is 9.32 Å². The lowest BCUT2D eigenvalue weighted by Crippen LogP contribution is -2.31. The monoisotopic (exact) mass is 342 g/mol. The van der Waals surface area contributed by atoms with E-state index < -0.39 is 0 Å². The molecular weight excluding hydrogens is 316 g/mol. The highest BCUT2D eigenvalue weighted by molar-refractivity contribution is 5.77. The lowest BCUT2D eigenvalue weighted by Gasteiger charge is -2.26. The largest absolute Gasteiger partial charge is 0.359 e. The minimum Gasteiger partial charge on any atom is -0.359 e. The number of rotatable bonds is 6. The molecule has 0 saturated carbocycles. The Morgan fingerprint density at radius 2 is 2.12 bits per heavy atom. The molecule has 1 fully saturated rings. The summed E-state index contributed by atoms with van der Waals surface area (Å²) in [7, 11) is 1.60. The Morgan fingerprint density at radius 3 is 2.80 bits per heavy atom. The van der Waals surface area contributed by atoms with Crippen molar-refractivity contribution in [1.82, 2.24) is 20.4 Å². The topological polar surface area (TPSA) is 71.3 Å². The van der Waals surface area contributed by atoms with Gasteiger partial charge in [0.25, 0.3) is 0 Å². The van der Waals surface area contributed by atoms with E-state index >= 15 is 0 Å². The average Bonchev–Trinajstić information content (AvgIpc) is 3.22. The predicted octanol–water partition coefficient (Wildman–Crippen LogP) is 2.43. The zero-order chi connectivity index (χ0) is 17.8. The summed E-state index contributed by atoms with van der Waals surface area (Å²) in [6.07, 6.45) is 2.38. The van der Waals surface area contributed by atoms with Gasteiger partial charge in [0.15, 0.2) is 5.82 Å². The molecule has 0 bridgehead atoms. The Labute approximate surface area is 148 Å². The van der Waals surface area contributed by atoms with Gasteiger partial charge in [-0.15, -0.1) is 0 Å². The third-order valence-corrected chi connectivity index (χ3v) is 5.03. The van der Waals surface area contributed by atoms with Gasteiger partial charge in [-0.1, -0.05) is 41.9 Å². The van der Waals surface area contributed by atoms with Crippen LogP contribution in [0, 0.1) is 6.92 Å². The summed E-state index contributed by atoms with van der Waals surface area (Å²) >= 11 is 0. The van der Waals surface area contributed by atoms with Crippen molar-refractivity contribution in [3.63, 3.8) is 0 Å². The molecule has 0 aliphatic carbocycles. The van der Waals surface area contributed by atoms with Gasteiger partial charge in [-0.05, 0) is 31.9 Å². The summed E-state index contributed by atoms with van der Waals surface area (Å²) in [6, 6.07) is 9.35. The summed E-state index contributed by atoms with van der Waals surface area (Å²) < 4.78 is 5.34. The molecule has 25 heavy (non-hydrogen) atoms. The van der Waals surface area contributed by atoms with Gasteiger partial charge in [-0.3, -0.25) is 9.69 Å². The molecule has 1 aromatic heterocycles. The van der Waals surface area contributed by atoms with Gasteiger partial charge in [-0.2, -0.15) is 4.98 Å². The summed E-state index contributed by atoms with van der Waals surface area (Å²) in [5, 5.41) is 6.48. The van der Waals surface area contributed by atoms with Gasteiger partial charge in [0.1, 0.15) is 0 Å². The third-order valence-electron chi connectivity index (χ3n) is 5.03. The number of aryl methyl sites for hydroxylation is 1. The zero-order valence-electron chi connectivity index (χ0n) is 15.2. The number of hydrogen-bond donors (Lipinski definition) is 1. The number of hydrogen-bond acceptors (Lipinski definition) is 5. The Hall–Kier alpha value is -2.21. The molecule has 6 heteroatoms. The van der Waals surface area contributed by atoms with Crippen LogP contribution < -0.4 is 5.32 Å². The molecular formula is C19H26N4O2. The van der Waals surface area contributed by atoms with E-state index in [-0.39, 0.29) is 12.3 Å². The van der Waals surface area contributed by atoms with E-state index in [9.17, 15) is 4.79 Å². The van der Waals surface area contributed by atoms with Crippen molar-refractivity contribution in [2.75, 3.05) is 13.6 Å². The second-order valence-electron chi connectivity index (χ2n) is 6.71. The lowest BCUT2D eigenvalue weighted by molar-refractivity contribution is -0.120. The molecule has 1 aliphatic heterocycles. The first-order chi connectivity index (χ1) is 12.1. The normalized spacial score (nSPS) is 20.8. The quantitative estimate of drug-likeness (QED) is 0.873. The standard InChI is InChI=1S/C19H26N4O2/c1-4-16-15(14-7-5-13(2)6-8-14)9-10-23(16)12-19-21-17(22-25-19)11-18(24)20-3/h5-8,15-16H,4,9-12H2,1-3H3,(H,20,24)/t15-,16-/m0/s1. The first kappa shape index (κ1) is 17.6. The number of aromatic nitrogens is 2. The van der Waals surface area contributed by atoms with Crippen molar-refractivity contribution in [2.45, 2.75) is 51.6 Å². The fourth-order valence-corrected chi connectivity index (χ4v) is 3.69. The van der Waals surface area contributed by atoms with Crippen LogP contribution in [0.3, 0.4) is 0 Å². The van der Waals surface area contributed by atoms with Crippen LogP contribution in [0.15, 0.2) is 28.8 Å². The maximum Gasteiger partial charge on any atom is 0.240 e. The fourth-order valence-electron chi connectivity index (χ4n) is 3.69. The van der Waals surface area contributed by atoms with E-state index in [0.29, 0.717) is 30.2 Å². The van der Waals surface area contributed by atoms with E-state index in [1.807, 2.05) is 0 Å². The SMILES string of the molecule is CC[C@H]1[C@H](c2ccc(C)cc2)CCN1Cc1nc(CC(=O)NC)no1. The number of likely N-dealkylation sites (tertiary alicyclic amines) is 1. The number of nitrogens with zero attached hydrogens (tertiary/aromatic N) is 3. The van der Waals surface area contributed by atoms with Gasteiger partial charge in [0.05, 0.1) is 13.0 Å². The van der Waals surface area contributed by atoms with Crippen molar-refractivity contribution >= 4 is 5.91 Å². The minimum atomic E-state index is -0.112. The molecule has 2 aromatic rings. The van der Waals surface area contributed by atoms with Gasteiger partial charge in [0.2, 0.25) is 11.8 Å². The maximum atomic E-state index is 11.4. The number of carbonyl (C=O) groups is 1. The molecule has 1 amide bonds. The molecule has 1 aliphatic rings. The van der Waals surface area contributed by atoms with Crippen molar-refractivity contribution in [2.24, 2.45) is 0 Å². The molecule has 1 N–H and O–H groups in total. The number of likely N-dealkylation sites (N-methyl/N-ethyl adjacent to an activating group) is 1. The van der Waals surface area contributed by atoms with E-state index in [4.69, 9.17) is 4.52 Å².